The molecule has 1 aromatic carbocycles. The highest BCUT2D eigenvalue weighted by molar-refractivity contribution is 5.97. The summed E-state index contributed by atoms with van der Waals surface area (Å²) >= 11 is 0. The monoisotopic (exact) mass is 274 g/mol. The number of aromatic nitrogens is 1. The fraction of sp³-hybridized carbons (Fsp3) is 0.333. The van der Waals surface area contributed by atoms with Gasteiger partial charge < -0.3 is 15.0 Å². The van der Waals surface area contributed by atoms with E-state index < -0.39 is 11.1 Å². The predicted octanol–water partition coefficient (Wildman–Crippen LogP) is 2.06. The van der Waals surface area contributed by atoms with Crippen LogP contribution in [0.3, 0.4) is 0 Å². The Labute approximate surface area is 117 Å². The molecule has 0 fully saturated rings. The summed E-state index contributed by atoms with van der Waals surface area (Å²) in [5.74, 6) is 0.275. The van der Waals surface area contributed by atoms with Crippen LogP contribution in [-0.2, 0) is 0 Å². The minimum absolute atomic E-state index is 0.109. The smallest absolute Gasteiger partial charge is 0.261 e. The summed E-state index contributed by atoms with van der Waals surface area (Å²) in [6.45, 7) is 5.60. The lowest BCUT2D eigenvalue weighted by Gasteiger charge is -2.20. The lowest BCUT2D eigenvalue weighted by atomic mass is 10.1. The Bertz CT molecular complexity index is 711. The van der Waals surface area contributed by atoms with Gasteiger partial charge in [0.15, 0.2) is 0 Å². The van der Waals surface area contributed by atoms with E-state index in [0.717, 1.165) is 5.39 Å². The van der Waals surface area contributed by atoms with Crippen LogP contribution in [0.4, 0.5) is 0 Å². The highest BCUT2D eigenvalue weighted by atomic mass is 16.5. The molecule has 106 valence electrons. The largest absolute Gasteiger partial charge is 0.497 e. The Morgan fingerprint density at radius 3 is 2.55 bits per heavy atom. The average Bonchev–Trinajstić information content (AvgIpc) is 2.35. The molecular formula is C15H18N2O3. The van der Waals surface area contributed by atoms with Gasteiger partial charge >= 0.3 is 0 Å². The number of pyridine rings is 1. The molecule has 0 aliphatic heterocycles. The zero-order valence-electron chi connectivity index (χ0n) is 12.0. The number of nitrogens with one attached hydrogen (secondary N) is 2. The van der Waals surface area contributed by atoms with Crippen molar-refractivity contribution >= 4 is 16.8 Å². The normalized spacial score (nSPS) is 11.4. The van der Waals surface area contributed by atoms with Crippen molar-refractivity contribution in [3.05, 3.63) is 40.2 Å². The second kappa shape index (κ2) is 5.00. The standard InChI is InChI=1S/C15H18N2O3/c1-15(2,3)17-14(19)11-7-9-5-6-10(20-4)8-12(9)16-13(11)18/h5-8H,1-4H3,(H,16,18)(H,17,19). The summed E-state index contributed by atoms with van der Waals surface area (Å²) in [6, 6.07) is 6.90. The van der Waals surface area contributed by atoms with Crippen molar-refractivity contribution in [3.8, 4) is 5.75 Å². The zero-order chi connectivity index (χ0) is 14.9. The van der Waals surface area contributed by atoms with Crippen molar-refractivity contribution in [2.75, 3.05) is 7.11 Å². The first kappa shape index (κ1) is 14.1. The fourth-order valence-corrected chi connectivity index (χ4v) is 1.88. The van der Waals surface area contributed by atoms with Gasteiger partial charge in [0, 0.05) is 11.6 Å². The van der Waals surface area contributed by atoms with E-state index in [9.17, 15) is 9.59 Å². The number of amides is 1. The van der Waals surface area contributed by atoms with Crippen LogP contribution < -0.4 is 15.6 Å². The molecule has 0 atom stereocenters. The summed E-state index contributed by atoms with van der Waals surface area (Å²) < 4.78 is 5.10. The van der Waals surface area contributed by atoms with Gasteiger partial charge in [-0.15, -0.1) is 0 Å². The first-order chi connectivity index (χ1) is 9.30. The van der Waals surface area contributed by atoms with Crippen molar-refractivity contribution in [2.24, 2.45) is 0 Å². The van der Waals surface area contributed by atoms with E-state index in [2.05, 4.69) is 10.3 Å². The molecule has 0 aliphatic carbocycles. The van der Waals surface area contributed by atoms with E-state index in [0.29, 0.717) is 11.3 Å². The molecule has 5 nitrogen and oxygen atoms in total. The van der Waals surface area contributed by atoms with Crippen LogP contribution in [0.25, 0.3) is 10.9 Å². The maximum atomic E-state index is 12.1. The third-order valence-corrected chi connectivity index (χ3v) is 2.79. The minimum Gasteiger partial charge on any atom is -0.497 e. The Hall–Kier alpha value is -2.30. The molecule has 2 N–H and O–H groups in total. The molecule has 1 heterocycles. The molecule has 0 spiro atoms. The van der Waals surface area contributed by atoms with Crippen molar-refractivity contribution in [2.45, 2.75) is 26.3 Å². The van der Waals surface area contributed by atoms with Gasteiger partial charge in [-0.2, -0.15) is 0 Å². The SMILES string of the molecule is COc1ccc2cc(C(=O)NC(C)(C)C)c(=O)[nH]c2c1. The predicted molar refractivity (Wildman–Crippen MR) is 78.3 cm³/mol. The fourth-order valence-electron chi connectivity index (χ4n) is 1.88. The highest BCUT2D eigenvalue weighted by Crippen LogP contribution is 2.18. The molecule has 2 aromatic rings. The van der Waals surface area contributed by atoms with Crippen LogP contribution in [0.1, 0.15) is 31.1 Å². The number of carbonyl (C=O) groups is 1. The van der Waals surface area contributed by atoms with E-state index in [4.69, 9.17) is 4.74 Å². The van der Waals surface area contributed by atoms with Gasteiger partial charge in [-0.05, 0) is 44.4 Å². The summed E-state index contributed by atoms with van der Waals surface area (Å²) in [6.07, 6.45) is 0. The molecule has 1 aromatic heterocycles. The van der Waals surface area contributed by atoms with Crippen LogP contribution >= 0.6 is 0 Å². The Balaban J connectivity index is 2.48. The Kier molecular flexibility index (Phi) is 3.53. The first-order valence-corrected chi connectivity index (χ1v) is 6.34. The topological polar surface area (TPSA) is 71.2 Å². The van der Waals surface area contributed by atoms with Gasteiger partial charge in [0.25, 0.3) is 11.5 Å². The number of H-pyrrole nitrogens is 1. The molecule has 0 saturated heterocycles. The van der Waals surface area contributed by atoms with Crippen molar-refractivity contribution in [1.82, 2.24) is 10.3 Å². The highest BCUT2D eigenvalue weighted by Gasteiger charge is 2.18. The summed E-state index contributed by atoms with van der Waals surface area (Å²) in [4.78, 5) is 26.8. The van der Waals surface area contributed by atoms with E-state index in [1.165, 1.54) is 0 Å². The minimum atomic E-state index is -0.410. The molecule has 0 bridgehead atoms. The van der Waals surface area contributed by atoms with E-state index in [-0.39, 0.29) is 11.5 Å². The van der Waals surface area contributed by atoms with Crippen molar-refractivity contribution in [1.29, 1.82) is 0 Å². The second-order valence-electron chi connectivity index (χ2n) is 5.67. The summed E-state index contributed by atoms with van der Waals surface area (Å²) in [5.41, 5.74) is -0.0509. The number of carbonyl (C=O) groups excluding carboxylic acids is 1. The van der Waals surface area contributed by atoms with Gasteiger partial charge in [0.2, 0.25) is 0 Å². The molecule has 0 saturated carbocycles. The third kappa shape index (κ3) is 2.99. The maximum Gasteiger partial charge on any atom is 0.261 e. The molecule has 0 unspecified atom stereocenters. The lowest BCUT2D eigenvalue weighted by Crippen LogP contribution is -2.42. The number of hydrogen-bond acceptors (Lipinski definition) is 3. The number of ether oxygens (including phenoxy) is 1. The molecule has 2 rings (SSSR count). The number of benzene rings is 1. The van der Waals surface area contributed by atoms with Crippen molar-refractivity contribution in [3.63, 3.8) is 0 Å². The Morgan fingerprint density at radius 1 is 1.25 bits per heavy atom. The number of methoxy groups -OCH3 is 1. The summed E-state index contributed by atoms with van der Waals surface area (Å²) in [7, 11) is 1.56. The molecular weight excluding hydrogens is 256 g/mol. The van der Waals surface area contributed by atoms with Crippen LogP contribution in [-0.4, -0.2) is 23.5 Å². The number of fused-ring (bicyclic) bond motifs is 1. The van der Waals surface area contributed by atoms with E-state index in [1.807, 2.05) is 20.8 Å². The number of rotatable bonds is 2. The first-order valence-electron chi connectivity index (χ1n) is 6.34. The van der Waals surface area contributed by atoms with E-state index in [1.54, 1.807) is 31.4 Å². The second-order valence-corrected chi connectivity index (χ2v) is 5.67. The van der Waals surface area contributed by atoms with Gasteiger partial charge in [-0.25, -0.2) is 0 Å². The molecule has 0 radical (unpaired) electrons. The van der Waals surface area contributed by atoms with Crippen molar-refractivity contribution < 1.29 is 9.53 Å². The summed E-state index contributed by atoms with van der Waals surface area (Å²) in [5, 5.41) is 3.56. The van der Waals surface area contributed by atoms with Gasteiger partial charge in [0.05, 0.1) is 12.6 Å². The van der Waals surface area contributed by atoms with Gasteiger partial charge in [0.1, 0.15) is 11.3 Å². The number of hydrogen-bond donors (Lipinski definition) is 2. The Morgan fingerprint density at radius 2 is 1.95 bits per heavy atom. The molecule has 20 heavy (non-hydrogen) atoms. The van der Waals surface area contributed by atoms with Crippen LogP contribution in [0.5, 0.6) is 5.75 Å². The molecule has 0 aliphatic rings. The average molecular weight is 274 g/mol. The molecule has 1 amide bonds. The zero-order valence-corrected chi connectivity index (χ0v) is 12.0. The number of aromatic amines is 1. The maximum absolute atomic E-state index is 12.1. The van der Waals surface area contributed by atoms with Crippen LogP contribution in [0.15, 0.2) is 29.1 Å². The lowest BCUT2D eigenvalue weighted by molar-refractivity contribution is 0.0918. The quantitative estimate of drug-likeness (QED) is 0.880. The van der Waals surface area contributed by atoms with E-state index >= 15 is 0 Å². The van der Waals surface area contributed by atoms with Crippen LogP contribution in [0, 0.1) is 0 Å². The molecule has 5 heteroatoms. The van der Waals surface area contributed by atoms with Gasteiger partial charge in [-0.3, -0.25) is 9.59 Å². The van der Waals surface area contributed by atoms with Crippen LogP contribution in [0.2, 0.25) is 0 Å². The third-order valence-electron chi connectivity index (χ3n) is 2.79. The van der Waals surface area contributed by atoms with Gasteiger partial charge in [-0.1, -0.05) is 0 Å².